The van der Waals surface area contributed by atoms with Crippen molar-refractivity contribution in [3.05, 3.63) is 48.2 Å². The van der Waals surface area contributed by atoms with Gasteiger partial charge in [0, 0.05) is 30.6 Å². The topological polar surface area (TPSA) is 76.0 Å². The number of aromatic nitrogens is 2. The molecule has 6 nitrogen and oxygen atoms in total. The molecule has 0 fully saturated rings. The van der Waals surface area contributed by atoms with Crippen LogP contribution in [0.4, 0.5) is 5.82 Å². The zero-order chi connectivity index (χ0) is 16.7. The molecule has 0 aliphatic heterocycles. The summed E-state index contributed by atoms with van der Waals surface area (Å²) in [6, 6.07) is 11.0. The average molecular weight is 314 g/mol. The van der Waals surface area contributed by atoms with Crippen LogP contribution in [-0.2, 0) is 4.79 Å². The Morgan fingerprint density at radius 1 is 1.17 bits per heavy atom. The molecular weight excluding hydrogens is 292 g/mol. The molecule has 1 aromatic heterocycles. The van der Waals surface area contributed by atoms with Gasteiger partial charge in [-0.3, -0.25) is 9.59 Å². The van der Waals surface area contributed by atoms with Crippen LogP contribution in [-0.4, -0.2) is 28.1 Å². The third kappa shape index (κ3) is 4.95. The lowest BCUT2D eigenvalue weighted by atomic mass is 10.2. The standard InChI is InChI=1S/C17H22N4O2/c1-13(2)21-15(10-12-19-21)20-16(22)9-6-11-18-17(23)14-7-4-3-5-8-14/h3-5,7-8,10,12-13H,6,9,11H2,1-2H3,(H,18,23)(H,20,22). The van der Waals surface area contributed by atoms with E-state index in [-0.39, 0.29) is 17.9 Å². The largest absolute Gasteiger partial charge is 0.352 e. The molecule has 2 rings (SSSR count). The van der Waals surface area contributed by atoms with E-state index in [0.717, 1.165) is 0 Å². The molecule has 0 unspecified atom stereocenters. The number of carbonyl (C=O) groups is 2. The van der Waals surface area contributed by atoms with Gasteiger partial charge in [-0.15, -0.1) is 0 Å². The fourth-order valence-electron chi connectivity index (χ4n) is 2.17. The Morgan fingerprint density at radius 3 is 2.61 bits per heavy atom. The van der Waals surface area contributed by atoms with Crippen molar-refractivity contribution in [2.45, 2.75) is 32.7 Å². The van der Waals surface area contributed by atoms with Crippen molar-refractivity contribution in [2.24, 2.45) is 0 Å². The van der Waals surface area contributed by atoms with Crippen molar-refractivity contribution in [1.29, 1.82) is 0 Å². The normalized spacial score (nSPS) is 10.6. The molecule has 0 radical (unpaired) electrons. The van der Waals surface area contributed by atoms with Gasteiger partial charge in [0.05, 0.1) is 6.20 Å². The van der Waals surface area contributed by atoms with Crippen LogP contribution in [0.5, 0.6) is 0 Å². The summed E-state index contributed by atoms with van der Waals surface area (Å²) in [6.07, 6.45) is 2.59. The van der Waals surface area contributed by atoms with Gasteiger partial charge in [0.15, 0.2) is 0 Å². The maximum Gasteiger partial charge on any atom is 0.251 e. The summed E-state index contributed by atoms with van der Waals surface area (Å²) in [5.74, 6) is 0.489. The molecule has 23 heavy (non-hydrogen) atoms. The lowest BCUT2D eigenvalue weighted by Crippen LogP contribution is -2.25. The van der Waals surface area contributed by atoms with Gasteiger partial charge in [-0.2, -0.15) is 5.10 Å². The Morgan fingerprint density at radius 2 is 1.91 bits per heavy atom. The van der Waals surface area contributed by atoms with E-state index in [1.54, 1.807) is 29.1 Å². The first kappa shape index (κ1) is 16.7. The van der Waals surface area contributed by atoms with Crippen molar-refractivity contribution >= 4 is 17.6 Å². The number of amides is 2. The van der Waals surface area contributed by atoms with E-state index in [2.05, 4.69) is 15.7 Å². The SMILES string of the molecule is CC(C)n1nccc1NC(=O)CCCNC(=O)c1ccccc1. The van der Waals surface area contributed by atoms with Crippen LogP contribution >= 0.6 is 0 Å². The summed E-state index contributed by atoms with van der Waals surface area (Å²) >= 11 is 0. The third-order valence-corrected chi connectivity index (χ3v) is 3.33. The molecule has 1 aromatic carbocycles. The summed E-state index contributed by atoms with van der Waals surface area (Å²) in [7, 11) is 0. The zero-order valence-corrected chi connectivity index (χ0v) is 13.5. The number of nitrogens with one attached hydrogen (secondary N) is 2. The minimum Gasteiger partial charge on any atom is -0.352 e. The molecule has 0 saturated heterocycles. The molecule has 0 spiro atoms. The van der Waals surface area contributed by atoms with Crippen molar-refractivity contribution < 1.29 is 9.59 Å². The summed E-state index contributed by atoms with van der Waals surface area (Å²) < 4.78 is 1.76. The van der Waals surface area contributed by atoms with Crippen LogP contribution in [0.15, 0.2) is 42.6 Å². The van der Waals surface area contributed by atoms with Crippen LogP contribution in [0, 0.1) is 0 Å². The second-order valence-corrected chi connectivity index (χ2v) is 5.53. The lowest BCUT2D eigenvalue weighted by molar-refractivity contribution is -0.116. The molecular formula is C17H22N4O2. The third-order valence-electron chi connectivity index (χ3n) is 3.33. The second-order valence-electron chi connectivity index (χ2n) is 5.53. The number of hydrogen-bond donors (Lipinski definition) is 2. The molecule has 2 N–H and O–H groups in total. The van der Waals surface area contributed by atoms with Gasteiger partial charge >= 0.3 is 0 Å². The maximum absolute atomic E-state index is 11.9. The number of benzene rings is 1. The van der Waals surface area contributed by atoms with Gasteiger partial charge in [-0.25, -0.2) is 4.68 Å². The van der Waals surface area contributed by atoms with E-state index < -0.39 is 0 Å². The Labute approximate surface area is 135 Å². The fraction of sp³-hybridized carbons (Fsp3) is 0.353. The second kappa shape index (κ2) is 8.12. The van der Waals surface area contributed by atoms with Gasteiger partial charge in [0.2, 0.25) is 5.91 Å². The first-order chi connectivity index (χ1) is 11.1. The maximum atomic E-state index is 11.9. The summed E-state index contributed by atoms with van der Waals surface area (Å²) in [5.41, 5.74) is 0.623. The van der Waals surface area contributed by atoms with Crippen LogP contribution in [0.3, 0.4) is 0 Å². The highest BCUT2D eigenvalue weighted by Crippen LogP contribution is 2.13. The molecule has 2 aromatic rings. The molecule has 0 saturated carbocycles. The quantitative estimate of drug-likeness (QED) is 0.771. The molecule has 0 atom stereocenters. The van der Waals surface area contributed by atoms with Crippen LogP contribution in [0.2, 0.25) is 0 Å². The van der Waals surface area contributed by atoms with Crippen LogP contribution < -0.4 is 10.6 Å². The predicted octanol–water partition coefficient (Wildman–Crippen LogP) is 2.61. The fourth-order valence-corrected chi connectivity index (χ4v) is 2.17. The Kier molecular flexibility index (Phi) is 5.91. The Bertz CT molecular complexity index is 650. The van der Waals surface area contributed by atoms with Crippen molar-refractivity contribution in [3.63, 3.8) is 0 Å². The first-order valence-corrected chi connectivity index (χ1v) is 7.74. The molecule has 0 bridgehead atoms. The first-order valence-electron chi connectivity index (χ1n) is 7.74. The van der Waals surface area contributed by atoms with Crippen molar-refractivity contribution in [2.75, 3.05) is 11.9 Å². The van der Waals surface area contributed by atoms with Crippen LogP contribution in [0.25, 0.3) is 0 Å². The molecule has 122 valence electrons. The number of anilines is 1. The van der Waals surface area contributed by atoms with E-state index in [0.29, 0.717) is 30.8 Å². The average Bonchev–Trinajstić information content (AvgIpc) is 3.00. The number of rotatable bonds is 7. The highest BCUT2D eigenvalue weighted by molar-refractivity contribution is 5.94. The Balaban J connectivity index is 1.71. The number of hydrogen-bond acceptors (Lipinski definition) is 3. The van der Waals surface area contributed by atoms with E-state index in [1.165, 1.54) is 0 Å². The summed E-state index contributed by atoms with van der Waals surface area (Å²) in [4.78, 5) is 23.8. The summed E-state index contributed by atoms with van der Waals surface area (Å²) in [6.45, 7) is 4.47. The molecule has 0 aliphatic carbocycles. The van der Waals surface area contributed by atoms with E-state index in [9.17, 15) is 9.59 Å². The van der Waals surface area contributed by atoms with Gasteiger partial charge in [0.25, 0.3) is 5.91 Å². The van der Waals surface area contributed by atoms with Crippen molar-refractivity contribution in [1.82, 2.24) is 15.1 Å². The number of nitrogens with zero attached hydrogens (tertiary/aromatic N) is 2. The smallest absolute Gasteiger partial charge is 0.251 e. The van der Waals surface area contributed by atoms with Gasteiger partial charge in [0.1, 0.15) is 5.82 Å². The van der Waals surface area contributed by atoms with E-state index in [4.69, 9.17) is 0 Å². The van der Waals surface area contributed by atoms with Gasteiger partial charge in [-0.05, 0) is 32.4 Å². The monoisotopic (exact) mass is 314 g/mol. The molecule has 2 amide bonds. The highest BCUT2D eigenvalue weighted by atomic mass is 16.2. The van der Waals surface area contributed by atoms with Crippen molar-refractivity contribution in [3.8, 4) is 0 Å². The van der Waals surface area contributed by atoms with Crippen LogP contribution in [0.1, 0.15) is 43.1 Å². The minimum absolute atomic E-state index is 0.0821. The number of carbonyl (C=O) groups excluding carboxylic acids is 2. The minimum atomic E-state index is -0.121. The predicted molar refractivity (Wildman–Crippen MR) is 89.3 cm³/mol. The van der Waals surface area contributed by atoms with E-state index in [1.807, 2.05) is 32.0 Å². The Hall–Kier alpha value is -2.63. The van der Waals surface area contributed by atoms with E-state index >= 15 is 0 Å². The molecule has 1 heterocycles. The molecule has 0 aliphatic rings. The summed E-state index contributed by atoms with van der Waals surface area (Å²) in [5, 5.41) is 9.81. The zero-order valence-electron chi connectivity index (χ0n) is 13.5. The molecule has 6 heteroatoms. The van der Waals surface area contributed by atoms with Gasteiger partial charge < -0.3 is 10.6 Å². The van der Waals surface area contributed by atoms with Gasteiger partial charge in [-0.1, -0.05) is 18.2 Å². The lowest BCUT2D eigenvalue weighted by Gasteiger charge is -2.11. The highest BCUT2D eigenvalue weighted by Gasteiger charge is 2.09.